The molecule has 6 nitrogen and oxygen atoms in total. The molecule has 1 aliphatic rings. The smallest absolute Gasteiger partial charge is 0.269 e. The first-order valence-electron chi connectivity index (χ1n) is 8.65. The number of benzene rings is 3. The lowest BCUT2D eigenvalue weighted by Gasteiger charge is -2.38. The number of halogens is 1. The van der Waals surface area contributed by atoms with Gasteiger partial charge >= 0.3 is 0 Å². The molecule has 0 saturated heterocycles. The number of non-ortho nitro benzene ring substituents is 1. The van der Waals surface area contributed by atoms with Gasteiger partial charge < -0.3 is 5.32 Å². The molecule has 3 aromatic carbocycles. The molecule has 0 radical (unpaired) electrons. The molecular weight excluding hydrogens is 422 g/mol. The van der Waals surface area contributed by atoms with Gasteiger partial charge in [-0.1, -0.05) is 40.2 Å². The molecule has 0 aliphatic carbocycles. The number of nitro benzene ring substituents is 1. The molecule has 1 unspecified atom stereocenters. The number of anilines is 2. The van der Waals surface area contributed by atoms with Crippen LogP contribution in [0.25, 0.3) is 0 Å². The summed E-state index contributed by atoms with van der Waals surface area (Å²) in [7, 11) is 0. The van der Waals surface area contributed by atoms with Crippen molar-refractivity contribution in [2.24, 2.45) is 0 Å². The van der Waals surface area contributed by atoms with E-state index in [1.807, 2.05) is 43.3 Å². The topological polar surface area (TPSA) is 75.5 Å². The molecule has 1 heterocycles. The largest absolute Gasteiger partial charge is 0.360 e. The number of carbonyl (C=O) groups is 1. The lowest BCUT2D eigenvalue weighted by Crippen LogP contribution is -2.43. The maximum atomic E-state index is 13.4. The number of hydrogen-bond acceptors (Lipinski definition) is 4. The summed E-state index contributed by atoms with van der Waals surface area (Å²) in [5, 5.41) is 14.6. The Balaban J connectivity index is 1.88. The van der Waals surface area contributed by atoms with E-state index in [4.69, 9.17) is 0 Å². The standard InChI is InChI=1S/C21H16BrN3O3/c1-13-11-15(9-10-18(13)22)24-20(14-5-4-6-16(12-14)25(27)28)23-19-8-3-2-7-17(19)21(24)26/h2-12,20,23H,1H3. The fourth-order valence-electron chi connectivity index (χ4n) is 3.34. The SMILES string of the molecule is Cc1cc(N2C(=O)c3ccccc3NC2c2cccc([N+](=O)[O-])c2)ccc1Br. The zero-order valence-corrected chi connectivity index (χ0v) is 16.5. The van der Waals surface area contributed by atoms with Crippen LogP contribution in [0.15, 0.2) is 71.2 Å². The zero-order chi connectivity index (χ0) is 19.8. The molecule has 4 rings (SSSR count). The minimum atomic E-state index is -0.567. The van der Waals surface area contributed by atoms with Crippen LogP contribution in [0.4, 0.5) is 17.1 Å². The van der Waals surface area contributed by atoms with E-state index in [0.717, 1.165) is 10.0 Å². The average Bonchev–Trinajstić information content (AvgIpc) is 2.70. The van der Waals surface area contributed by atoms with Gasteiger partial charge in [0.2, 0.25) is 0 Å². The monoisotopic (exact) mass is 437 g/mol. The minimum absolute atomic E-state index is 0.0162. The molecule has 0 spiro atoms. The van der Waals surface area contributed by atoms with E-state index in [1.165, 1.54) is 12.1 Å². The average molecular weight is 438 g/mol. The first-order valence-corrected chi connectivity index (χ1v) is 9.44. The molecule has 140 valence electrons. The van der Waals surface area contributed by atoms with Gasteiger partial charge in [-0.3, -0.25) is 19.8 Å². The second-order valence-electron chi connectivity index (χ2n) is 6.55. The van der Waals surface area contributed by atoms with Gasteiger partial charge in [0.25, 0.3) is 11.6 Å². The number of fused-ring (bicyclic) bond motifs is 1. The van der Waals surface area contributed by atoms with Crippen LogP contribution in [0, 0.1) is 17.0 Å². The Hall–Kier alpha value is -3.19. The molecule has 1 amide bonds. The third-order valence-corrected chi connectivity index (χ3v) is 5.63. The van der Waals surface area contributed by atoms with Crippen LogP contribution < -0.4 is 10.2 Å². The molecule has 0 aromatic heterocycles. The van der Waals surface area contributed by atoms with Gasteiger partial charge in [0, 0.05) is 33.5 Å². The second-order valence-corrected chi connectivity index (χ2v) is 7.41. The van der Waals surface area contributed by atoms with Crippen LogP contribution in [0.3, 0.4) is 0 Å². The van der Waals surface area contributed by atoms with Gasteiger partial charge in [0.15, 0.2) is 0 Å². The van der Waals surface area contributed by atoms with Crippen molar-refractivity contribution in [3.05, 3.63) is 98.0 Å². The van der Waals surface area contributed by atoms with E-state index in [-0.39, 0.29) is 11.6 Å². The van der Waals surface area contributed by atoms with E-state index >= 15 is 0 Å². The van der Waals surface area contributed by atoms with Crippen molar-refractivity contribution in [3.63, 3.8) is 0 Å². The summed E-state index contributed by atoms with van der Waals surface area (Å²) in [5.74, 6) is -0.160. The minimum Gasteiger partial charge on any atom is -0.360 e. The predicted molar refractivity (Wildman–Crippen MR) is 112 cm³/mol. The number of amides is 1. The fourth-order valence-corrected chi connectivity index (χ4v) is 3.59. The first-order chi connectivity index (χ1) is 13.5. The maximum absolute atomic E-state index is 13.4. The Kier molecular flexibility index (Phi) is 4.60. The van der Waals surface area contributed by atoms with Crippen LogP contribution in [0.2, 0.25) is 0 Å². The second kappa shape index (κ2) is 7.09. The molecule has 0 saturated carbocycles. The van der Waals surface area contributed by atoms with Crippen LogP contribution in [0.5, 0.6) is 0 Å². The summed E-state index contributed by atoms with van der Waals surface area (Å²) in [6.07, 6.45) is -0.567. The number of carbonyl (C=O) groups excluding carboxylic acids is 1. The molecule has 0 fully saturated rings. The summed E-state index contributed by atoms with van der Waals surface area (Å²) in [6, 6.07) is 19.3. The third-order valence-electron chi connectivity index (χ3n) is 4.74. The Morgan fingerprint density at radius 3 is 2.61 bits per heavy atom. The highest BCUT2D eigenvalue weighted by molar-refractivity contribution is 9.10. The number of nitrogens with one attached hydrogen (secondary N) is 1. The van der Waals surface area contributed by atoms with Crippen LogP contribution in [0.1, 0.15) is 27.7 Å². The number of hydrogen-bond donors (Lipinski definition) is 1. The lowest BCUT2D eigenvalue weighted by atomic mass is 10.0. The molecule has 0 bridgehead atoms. The van der Waals surface area contributed by atoms with Crippen molar-refractivity contribution < 1.29 is 9.72 Å². The first kappa shape index (κ1) is 18.2. The third kappa shape index (κ3) is 3.14. The van der Waals surface area contributed by atoms with Gasteiger partial charge in [0.1, 0.15) is 6.17 Å². The van der Waals surface area contributed by atoms with Crippen molar-refractivity contribution in [2.75, 3.05) is 10.2 Å². The van der Waals surface area contributed by atoms with Gasteiger partial charge in [-0.2, -0.15) is 0 Å². The molecular formula is C21H16BrN3O3. The van der Waals surface area contributed by atoms with Crippen molar-refractivity contribution in [3.8, 4) is 0 Å². The highest BCUT2D eigenvalue weighted by atomic mass is 79.9. The fraction of sp³-hybridized carbons (Fsp3) is 0.0952. The van der Waals surface area contributed by atoms with Gasteiger partial charge in [-0.05, 0) is 42.8 Å². The molecule has 28 heavy (non-hydrogen) atoms. The van der Waals surface area contributed by atoms with E-state index in [0.29, 0.717) is 22.5 Å². The summed E-state index contributed by atoms with van der Waals surface area (Å²) in [4.78, 5) is 25.8. The maximum Gasteiger partial charge on any atom is 0.269 e. The van der Waals surface area contributed by atoms with E-state index in [1.54, 1.807) is 23.1 Å². The van der Waals surface area contributed by atoms with Crippen molar-refractivity contribution in [2.45, 2.75) is 13.1 Å². The van der Waals surface area contributed by atoms with Crippen molar-refractivity contribution >= 4 is 38.9 Å². The van der Waals surface area contributed by atoms with E-state index in [2.05, 4.69) is 21.2 Å². The van der Waals surface area contributed by atoms with Crippen LogP contribution in [-0.4, -0.2) is 10.8 Å². The van der Waals surface area contributed by atoms with Crippen LogP contribution >= 0.6 is 15.9 Å². The quantitative estimate of drug-likeness (QED) is 0.437. The Labute approximate surface area is 170 Å². The number of rotatable bonds is 3. The van der Waals surface area contributed by atoms with Gasteiger partial charge in [0.05, 0.1) is 10.5 Å². The molecule has 1 atom stereocenters. The summed E-state index contributed by atoms with van der Waals surface area (Å²) < 4.78 is 0.945. The summed E-state index contributed by atoms with van der Waals surface area (Å²) in [6.45, 7) is 1.95. The zero-order valence-electron chi connectivity index (χ0n) is 14.9. The molecule has 1 N–H and O–H groups in total. The van der Waals surface area contributed by atoms with Crippen LogP contribution in [-0.2, 0) is 0 Å². The number of aryl methyl sites for hydroxylation is 1. The van der Waals surface area contributed by atoms with Gasteiger partial charge in [-0.25, -0.2) is 0 Å². The Morgan fingerprint density at radius 1 is 1.07 bits per heavy atom. The van der Waals surface area contributed by atoms with Gasteiger partial charge in [-0.15, -0.1) is 0 Å². The Bertz CT molecular complexity index is 1100. The summed E-state index contributed by atoms with van der Waals surface area (Å²) in [5.41, 5.74) is 3.58. The molecule has 3 aromatic rings. The summed E-state index contributed by atoms with van der Waals surface area (Å²) >= 11 is 3.49. The van der Waals surface area contributed by atoms with E-state index < -0.39 is 11.1 Å². The van der Waals surface area contributed by atoms with E-state index in [9.17, 15) is 14.9 Å². The number of nitrogens with zero attached hydrogens (tertiary/aromatic N) is 2. The highest BCUT2D eigenvalue weighted by Crippen LogP contribution is 2.38. The number of nitro groups is 1. The predicted octanol–water partition coefficient (Wildman–Crippen LogP) is 5.44. The normalized spacial score (nSPS) is 15.7. The van der Waals surface area contributed by atoms with Crippen molar-refractivity contribution in [1.29, 1.82) is 0 Å². The molecule has 1 aliphatic heterocycles. The van der Waals surface area contributed by atoms with Crippen molar-refractivity contribution in [1.82, 2.24) is 0 Å². The molecule has 7 heteroatoms. The Morgan fingerprint density at radius 2 is 1.86 bits per heavy atom. The highest BCUT2D eigenvalue weighted by Gasteiger charge is 2.34. The number of para-hydroxylation sites is 1. The lowest BCUT2D eigenvalue weighted by molar-refractivity contribution is -0.384.